The highest BCUT2D eigenvalue weighted by molar-refractivity contribution is 5.78. The molecule has 0 bridgehead atoms. The average molecular weight is 563 g/mol. The van der Waals surface area contributed by atoms with Crippen molar-refractivity contribution in [2.24, 2.45) is 0 Å². The highest BCUT2D eigenvalue weighted by Crippen LogP contribution is 2.30. The molecule has 214 valence electrons. The maximum absolute atomic E-state index is 13.5. The third-order valence-electron chi connectivity index (χ3n) is 7.92. The fraction of sp³-hybridized carbons (Fsp3) is 0.414. The Hall–Kier alpha value is -4.35. The number of pyridine rings is 1. The van der Waals surface area contributed by atoms with Crippen molar-refractivity contribution in [3.05, 3.63) is 77.5 Å². The van der Waals surface area contributed by atoms with Gasteiger partial charge in [-0.15, -0.1) is 0 Å². The number of ether oxygens (including phenoxy) is 1. The van der Waals surface area contributed by atoms with Crippen molar-refractivity contribution < 1.29 is 18.3 Å². The van der Waals surface area contributed by atoms with Gasteiger partial charge in [0.15, 0.2) is 11.5 Å². The van der Waals surface area contributed by atoms with Gasteiger partial charge in [0.25, 0.3) is 0 Å². The summed E-state index contributed by atoms with van der Waals surface area (Å²) in [6.07, 6.45) is 3.59. The van der Waals surface area contributed by atoms with E-state index < -0.39 is 17.4 Å². The average Bonchev–Trinajstić information content (AvgIpc) is 3.51. The quantitative estimate of drug-likeness (QED) is 0.325. The van der Waals surface area contributed by atoms with E-state index in [4.69, 9.17) is 9.72 Å². The van der Waals surface area contributed by atoms with E-state index >= 15 is 0 Å². The maximum Gasteiger partial charge on any atom is 0.317 e. The van der Waals surface area contributed by atoms with E-state index in [1.807, 2.05) is 37.4 Å². The molecule has 2 saturated heterocycles. The Kier molecular flexibility index (Phi) is 7.14. The van der Waals surface area contributed by atoms with Gasteiger partial charge in [-0.2, -0.15) is 23.8 Å². The van der Waals surface area contributed by atoms with Crippen LogP contribution >= 0.6 is 0 Å². The number of fused-ring (bicyclic) bond motifs is 1. The molecule has 41 heavy (non-hydrogen) atoms. The number of aryl methyl sites for hydroxylation is 1. The fourth-order valence-corrected chi connectivity index (χ4v) is 5.58. The van der Waals surface area contributed by atoms with Crippen molar-refractivity contribution in [2.45, 2.75) is 44.6 Å². The molecule has 10 nitrogen and oxygen atoms in total. The smallest absolute Gasteiger partial charge is 0.317 e. The normalized spacial score (nSPS) is 17.3. The summed E-state index contributed by atoms with van der Waals surface area (Å²) in [5, 5.41) is 7.79. The number of nitrogens with zero attached hydrogens (tertiary/aromatic N) is 7. The van der Waals surface area contributed by atoms with Crippen LogP contribution in [0.1, 0.15) is 42.6 Å². The van der Waals surface area contributed by atoms with Crippen LogP contribution < -0.4 is 15.0 Å². The van der Waals surface area contributed by atoms with Gasteiger partial charge in [-0.3, -0.25) is 0 Å². The van der Waals surface area contributed by atoms with Gasteiger partial charge in [-0.25, -0.2) is 14.3 Å². The highest BCUT2D eigenvalue weighted by Gasteiger charge is 2.44. The minimum Gasteiger partial charge on any atom is -0.491 e. The molecule has 1 N–H and O–H groups in total. The second-order valence-corrected chi connectivity index (χ2v) is 11.0. The van der Waals surface area contributed by atoms with Gasteiger partial charge >= 0.3 is 6.03 Å². The SMILES string of the molecule is Cc1cc(OC[C@H](C)c2ccccc2)cn2nc(CCN3CC4(CCN(c5nc(F)cc(F)n5)CC4)NC3=O)nc12. The lowest BCUT2D eigenvalue weighted by molar-refractivity contribution is 0.217. The van der Waals surface area contributed by atoms with Crippen LogP contribution in [0.4, 0.5) is 19.5 Å². The zero-order valence-corrected chi connectivity index (χ0v) is 23.1. The number of aromatic nitrogens is 5. The summed E-state index contributed by atoms with van der Waals surface area (Å²) in [6, 6.07) is 12.8. The fourth-order valence-electron chi connectivity index (χ4n) is 5.58. The molecular weight excluding hydrogens is 530 g/mol. The number of carbonyl (C=O) groups is 1. The zero-order chi connectivity index (χ0) is 28.6. The first-order valence-corrected chi connectivity index (χ1v) is 13.8. The Labute approximate surface area is 236 Å². The van der Waals surface area contributed by atoms with Crippen molar-refractivity contribution >= 4 is 17.6 Å². The second-order valence-electron chi connectivity index (χ2n) is 11.0. The van der Waals surface area contributed by atoms with Gasteiger partial charge in [0.2, 0.25) is 17.8 Å². The molecule has 2 amide bonds. The summed E-state index contributed by atoms with van der Waals surface area (Å²) in [6.45, 7) is 6.65. The lowest BCUT2D eigenvalue weighted by atomic mass is 9.88. The Bertz CT molecular complexity index is 1540. The molecule has 0 saturated carbocycles. The number of piperidine rings is 1. The van der Waals surface area contributed by atoms with E-state index in [0.29, 0.717) is 63.9 Å². The summed E-state index contributed by atoms with van der Waals surface area (Å²) in [7, 11) is 0. The number of nitrogens with one attached hydrogen (secondary N) is 1. The van der Waals surface area contributed by atoms with E-state index in [2.05, 4.69) is 39.4 Å². The van der Waals surface area contributed by atoms with Crippen molar-refractivity contribution in [2.75, 3.05) is 37.7 Å². The van der Waals surface area contributed by atoms with Gasteiger partial charge in [-0.1, -0.05) is 37.3 Å². The number of benzene rings is 1. The number of rotatable bonds is 8. The van der Waals surface area contributed by atoms with Crippen molar-refractivity contribution in [3.63, 3.8) is 0 Å². The van der Waals surface area contributed by atoms with Crippen LogP contribution in [-0.2, 0) is 6.42 Å². The van der Waals surface area contributed by atoms with Crippen LogP contribution in [0.15, 0.2) is 48.7 Å². The first-order valence-electron chi connectivity index (χ1n) is 13.8. The van der Waals surface area contributed by atoms with Gasteiger partial charge in [0, 0.05) is 44.6 Å². The predicted octanol–water partition coefficient (Wildman–Crippen LogP) is 3.90. The van der Waals surface area contributed by atoms with Gasteiger partial charge in [0.05, 0.1) is 18.3 Å². The van der Waals surface area contributed by atoms with Crippen LogP contribution in [-0.4, -0.2) is 73.8 Å². The molecule has 5 heterocycles. The molecule has 0 radical (unpaired) electrons. The molecule has 2 fully saturated rings. The Morgan fingerprint density at radius 3 is 2.54 bits per heavy atom. The molecule has 0 unspecified atom stereocenters. The first kappa shape index (κ1) is 26.9. The van der Waals surface area contributed by atoms with Crippen molar-refractivity contribution in [3.8, 4) is 5.75 Å². The summed E-state index contributed by atoms with van der Waals surface area (Å²) in [4.78, 5) is 28.5. The number of carbonyl (C=O) groups excluding carboxylic acids is 1. The zero-order valence-electron chi connectivity index (χ0n) is 23.1. The van der Waals surface area contributed by atoms with Crippen LogP contribution in [0.3, 0.4) is 0 Å². The van der Waals surface area contributed by atoms with Crippen molar-refractivity contribution in [1.29, 1.82) is 0 Å². The third-order valence-corrected chi connectivity index (χ3v) is 7.92. The molecule has 1 spiro atoms. The minimum absolute atomic E-state index is 0.0333. The number of anilines is 1. The van der Waals surface area contributed by atoms with E-state index in [9.17, 15) is 13.6 Å². The van der Waals surface area contributed by atoms with Crippen LogP contribution in [0, 0.1) is 18.8 Å². The summed E-state index contributed by atoms with van der Waals surface area (Å²) >= 11 is 0. The Balaban J connectivity index is 1.05. The monoisotopic (exact) mass is 562 g/mol. The van der Waals surface area contributed by atoms with E-state index in [-0.39, 0.29) is 17.9 Å². The van der Waals surface area contributed by atoms with Gasteiger partial charge < -0.3 is 19.9 Å². The number of amides is 2. The summed E-state index contributed by atoms with van der Waals surface area (Å²) in [5.74, 6) is -0.135. The highest BCUT2D eigenvalue weighted by atomic mass is 19.1. The molecule has 1 atom stereocenters. The molecule has 2 aliphatic heterocycles. The Morgan fingerprint density at radius 1 is 1.07 bits per heavy atom. The van der Waals surface area contributed by atoms with Crippen molar-refractivity contribution in [1.82, 2.24) is 34.8 Å². The largest absolute Gasteiger partial charge is 0.491 e. The minimum atomic E-state index is -0.898. The molecule has 6 rings (SSSR count). The van der Waals surface area contributed by atoms with Gasteiger partial charge in [0.1, 0.15) is 5.75 Å². The van der Waals surface area contributed by atoms with Crippen LogP contribution in [0.5, 0.6) is 5.75 Å². The van der Waals surface area contributed by atoms with E-state index in [0.717, 1.165) is 17.0 Å². The maximum atomic E-state index is 13.5. The standard InChI is InChI=1S/C29H32F2N8O2/c1-19-14-22(41-17-20(2)21-6-4-3-5-7-21)16-39-26(19)34-25(36-39)8-11-38-18-29(35-28(38)40)9-12-37(13-10-29)27-32-23(30)15-24(31)33-27/h3-7,14-16,20H,8-13,17-18H2,1-2H3,(H,35,40)/t20-/m0/s1. The molecule has 1 aromatic carbocycles. The summed E-state index contributed by atoms with van der Waals surface area (Å²) in [5.41, 5.74) is 2.54. The number of hydrogen-bond acceptors (Lipinski definition) is 7. The summed E-state index contributed by atoms with van der Waals surface area (Å²) < 4.78 is 34.9. The number of urea groups is 1. The molecular formula is C29H32F2N8O2. The number of halogens is 2. The molecule has 12 heteroatoms. The third kappa shape index (κ3) is 5.77. The predicted molar refractivity (Wildman–Crippen MR) is 148 cm³/mol. The van der Waals surface area contributed by atoms with E-state index in [1.54, 1.807) is 14.3 Å². The topological polar surface area (TPSA) is 101 Å². The Morgan fingerprint density at radius 2 is 1.80 bits per heavy atom. The van der Waals surface area contributed by atoms with E-state index in [1.165, 1.54) is 5.56 Å². The molecule has 0 aliphatic carbocycles. The van der Waals surface area contributed by atoms with Gasteiger partial charge in [-0.05, 0) is 37.0 Å². The van der Waals surface area contributed by atoms with Crippen LogP contribution in [0.25, 0.3) is 5.65 Å². The lowest BCUT2D eigenvalue weighted by Crippen LogP contribution is -2.53. The molecule has 4 aromatic rings. The molecule has 3 aromatic heterocycles. The molecule has 2 aliphatic rings. The number of hydrogen-bond donors (Lipinski definition) is 1. The second kappa shape index (κ2) is 10.9. The van der Waals surface area contributed by atoms with Crippen LogP contribution in [0.2, 0.25) is 0 Å². The first-order chi connectivity index (χ1) is 19.8. The lowest BCUT2D eigenvalue weighted by Gasteiger charge is -2.38.